The fourth-order valence-corrected chi connectivity index (χ4v) is 3.09. The zero-order valence-corrected chi connectivity index (χ0v) is 14.1. The van der Waals surface area contributed by atoms with Crippen LogP contribution in [-0.2, 0) is 0 Å². The minimum absolute atomic E-state index is 0.325. The maximum absolute atomic E-state index is 13.3. The number of nitrogens with zero attached hydrogens (tertiary/aromatic N) is 3. The van der Waals surface area contributed by atoms with Crippen molar-refractivity contribution < 1.29 is 13.2 Å². The molecule has 1 aromatic heterocycles. The summed E-state index contributed by atoms with van der Waals surface area (Å²) in [6, 6.07) is 9.59. The van der Waals surface area contributed by atoms with E-state index in [-0.39, 0.29) is 5.82 Å². The van der Waals surface area contributed by atoms with E-state index in [9.17, 15) is 13.2 Å². The number of hydrogen-bond acceptors (Lipinski definition) is 3. The molecule has 0 radical (unpaired) electrons. The lowest BCUT2D eigenvalue weighted by atomic mass is 10.2. The van der Waals surface area contributed by atoms with Gasteiger partial charge in [0.25, 0.3) is 0 Å². The fraction of sp³-hybridized carbons (Fsp3) is 0.111. The van der Waals surface area contributed by atoms with Crippen LogP contribution < -0.4 is 4.80 Å². The lowest BCUT2D eigenvalue weighted by molar-refractivity contribution is 0.508. The molecule has 7 heteroatoms. The molecule has 0 amide bonds. The van der Waals surface area contributed by atoms with Gasteiger partial charge in [-0.15, -0.1) is 11.3 Å². The van der Waals surface area contributed by atoms with Crippen molar-refractivity contribution in [1.29, 1.82) is 0 Å². The first-order chi connectivity index (χ1) is 12.1. The number of aromatic nitrogens is 1. The van der Waals surface area contributed by atoms with Crippen LogP contribution in [0.25, 0.3) is 11.3 Å². The van der Waals surface area contributed by atoms with Gasteiger partial charge >= 0.3 is 0 Å². The highest BCUT2D eigenvalue weighted by molar-refractivity contribution is 7.07. The minimum Gasteiger partial charge on any atom is -0.258 e. The van der Waals surface area contributed by atoms with Crippen LogP contribution in [0.1, 0.15) is 12.5 Å². The van der Waals surface area contributed by atoms with Gasteiger partial charge in [0.2, 0.25) is 4.80 Å². The molecule has 0 saturated carbocycles. The first-order valence-electron chi connectivity index (χ1n) is 7.55. The molecule has 0 unspecified atom stereocenters. The molecule has 0 aliphatic carbocycles. The molecule has 25 heavy (non-hydrogen) atoms. The summed E-state index contributed by atoms with van der Waals surface area (Å²) in [5.74, 6) is -2.17. The highest BCUT2D eigenvalue weighted by Gasteiger charge is 2.08. The third kappa shape index (κ3) is 3.88. The van der Waals surface area contributed by atoms with Crippen LogP contribution in [0, 0.1) is 17.5 Å². The molecule has 0 atom stereocenters. The zero-order valence-electron chi connectivity index (χ0n) is 13.3. The smallest absolute Gasteiger partial charge is 0.206 e. The number of hydrogen-bond donors (Lipinski definition) is 0. The summed E-state index contributed by atoms with van der Waals surface area (Å²) < 4.78 is 41.1. The molecule has 0 bridgehead atoms. The Bertz CT molecular complexity index is 972. The topological polar surface area (TPSA) is 29.6 Å². The van der Waals surface area contributed by atoms with Crippen molar-refractivity contribution in [3.8, 4) is 11.3 Å². The van der Waals surface area contributed by atoms with Gasteiger partial charge in [-0.05, 0) is 48.9 Å². The van der Waals surface area contributed by atoms with E-state index in [1.54, 1.807) is 16.8 Å². The molecule has 3 nitrogen and oxygen atoms in total. The predicted molar refractivity (Wildman–Crippen MR) is 93.2 cm³/mol. The Labute approximate surface area is 146 Å². The molecular weight excluding hydrogens is 347 g/mol. The van der Waals surface area contributed by atoms with Crippen LogP contribution in [0.15, 0.2) is 57.9 Å². The molecule has 0 fully saturated rings. The van der Waals surface area contributed by atoms with E-state index in [2.05, 4.69) is 10.1 Å². The summed E-state index contributed by atoms with van der Waals surface area (Å²) >= 11 is 1.40. The van der Waals surface area contributed by atoms with E-state index in [0.29, 0.717) is 16.9 Å². The second-order valence-electron chi connectivity index (χ2n) is 5.11. The van der Waals surface area contributed by atoms with Crippen LogP contribution >= 0.6 is 11.3 Å². The molecule has 0 aliphatic heterocycles. The van der Waals surface area contributed by atoms with Crippen molar-refractivity contribution in [2.24, 2.45) is 10.1 Å². The fourth-order valence-electron chi connectivity index (χ4n) is 2.19. The minimum atomic E-state index is -0.934. The molecule has 128 valence electrons. The van der Waals surface area contributed by atoms with Gasteiger partial charge in [-0.3, -0.25) is 4.99 Å². The second-order valence-corrected chi connectivity index (χ2v) is 5.95. The lowest BCUT2D eigenvalue weighted by Crippen LogP contribution is -2.12. The van der Waals surface area contributed by atoms with Gasteiger partial charge in [0.15, 0.2) is 11.6 Å². The van der Waals surface area contributed by atoms with Crippen LogP contribution in [0.2, 0.25) is 0 Å². The van der Waals surface area contributed by atoms with E-state index in [0.717, 1.165) is 23.4 Å². The summed E-state index contributed by atoms with van der Waals surface area (Å²) in [6.45, 7) is 2.48. The van der Waals surface area contributed by atoms with Gasteiger partial charge in [-0.2, -0.15) is 5.10 Å². The van der Waals surface area contributed by atoms with Crippen molar-refractivity contribution in [1.82, 2.24) is 4.68 Å². The molecule has 0 saturated heterocycles. The molecule has 3 rings (SSSR count). The van der Waals surface area contributed by atoms with E-state index >= 15 is 0 Å². The summed E-state index contributed by atoms with van der Waals surface area (Å²) in [7, 11) is 0. The van der Waals surface area contributed by atoms with Gasteiger partial charge in [0.1, 0.15) is 5.82 Å². The van der Waals surface area contributed by atoms with E-state index in [4.69, 9.17) is 0 Å². The van der Waals surface area contributed by atoms with Gasteiger partial charge in [-0.1, -0.05) is 6.07 Å². The Balaban J connectivity index is 2.05. The number of benzene rings is 2. The van der Waals surface area contributed by atoms with Crippen LogP contribution in [-0.4, -0.2) is 17.4 Å². The van der Waals surface area contributed by atoms with Gasteiger partial charge < -0.3 is 0 Å². The molecule has 0 spiro atoms. The van der Waals surface area contributed by atoms with Gasteiger partial charge in [-0.25, -0.2) is 17.8 Å². The van der Waals surface area contributed by atoms with Crippen molar-refractivity contribution in [3.05, 3.63) is 75.7 Å². The Hall–Kier alpha value is -2.67. The third-order valence-electron chi connectivity index (χ3n) is 3.38. The monoisotopic (exact) mass is 361 g/mol. The van der Waals surface area contributed by atoms with Crippen molar-refractivity contribution >= 4 is 17.6 Å². The Morgan fingerprint density at radius 3 is 2.48 bits per heavy atom. The standard InChI is InChI=1S/C18H14F3N3S/c1-2-22-18-24(23-10-12-3-8-15(20)16(21)9-12)17(11-25-18)13-4-6-14(19)7-5-13/h3-11H,2H2,1H3. The maximum atomic E-state index is 13.3. The second kappa shape index (κ2) is 7.48. The predicted octanol–water partition coefficient (Wildman–Crippen LogP) is 4.44. The molecular formula is C18H14F3N3S. The third-order valence-corrected chi connectivity index (χ3v) is 4.24. The number of thiazole rings is 1. The summed E-state index contributed by atoms with van der Waals surface area (Å²) in [6.07, 6.45) is 1.43. The molecule has 3 aromatic rings. The Morgan fingerprint density at radius 2 is 1.80 bits per heavy atom. The first kappa shape index (κ1) is 17.2. The van der Waals surface area contributed by atoms with E-state index < -0.39 is 11.6 Å². The van der Waals surface area contributed by atoms with E-state index in [1.807, 2.05) is 12.3 Å². The van der Waals surface area contributed by atoms with Crippen molar-refractivity contribution in [3.63, 3.8) is 0 Å². The Kier molecular flexibility index (Phi) is 5.14. The largest absolute Gasteiger partial charge is 0.258 e. The average molecular weight is 361 g/mol. The normalized spacial score (nSPS) is 12.2. The van der Waals surface area contributed by atoms with Crippen LogP contribution in [0.3, 0.4) is 0 Å². The van der Waals surface area contributed by atoms with Crippen molar-refractivity contribution in [2.45, 2.75) is 6.92 Å². The molecule has 0 aliphatic rings. The zero-order chi connectivity index (χ0) is 17.8. The average Bonchev–Trinajstić information content (AvgIpc) is 3.00. The first-order valence-corrected chi connectivity index (χ1v) is 8.43. The number of rotatable bonds is 4. The molecule has 0 N–H and O–H groups in total. The lowest BCUT2D eigenvalue weighted by Gasteiger charge is -2.03. The SMILES string of the molecule is CCN=c1scc(-c2ccc(F)cc2)n1N=Cc1ccc(F)c(F)c1. The maximum Gasteiger partial charge on any atom is 0.206 e. The molecule has 1 heterocycles. The summed E-state index contributed by atoms with van der Waals surface area (Å²) in [5, 5.41) is 6.22. The Morgan fingerprint density at radius 1 is 1.04 bits per heavy atom. The van der Waals surface area contributed by atoms with Crippen LogP contribution in [0.5, 0.6) is 0 Å². The van der Waals surface area contributed by atoms with Gasteiger partial charge in [0.05, 0.1) is 11.9 Å². The van der Waals surface area contributed by atoms with E-state index in [1.165, 1.54) is 35.8 Å². The summed E-state index contributed by atoms with van der Waals surface area (Å²) in [4.78, 5) is 5.03. The number of halogens is 3. The van der Waals surface area contributed by atoms with Crippen molar-refractivity contribution in [2.75, 3.05) is 6.54 Å². The highest BCUT2D eigenvalue weighted by Crippen LogP contribution is 2.20. The van der Waals surface area contributed by atoms with Crippen LogP contribution in [0.4, 0.5) is 13.2 Å². The highest BCUT2D eigenvalue weighted by atomic mass is 32.1. The quantitative estimate of drug-likeness (QED) is 0.615. The molecule has 2 aromatic carbocycles. The summed E-state index contributed by atoms with van der Waals surface area (Å²) in [5.41, 5.74) is 1.93. The van der Waals surface area contributed by atoms with Gasteiger partial charge in [0, 0.05) is 17.5 Å².